The molecule has 1 aliphatic carbocycles. The van der Waals surface area contributed by atoms with Gasteiger partial charge in [-0.2, -0.15) is 0 Å². The van der Waals surface area contributed by atoms with Crippen molar-refractivity contribution in [2.24, 2.45) is 5.92 Å². The van der Waals surface area contributed by atoms with Gasteiger partial charge in [0, 0.05) is 7.11 Å². The van der Waals surface area contributed by atoms with E-state index in [0.29, 0.717) is 0 Å². The van der Waals surface area contributed by atoms with E-state index in [1.807, 2.05) is 7.11 Å². The summed E-state index contributed by atoms with van der Waals surface area (Å²) >= 11 is 0. The molecule has 0 unspecified atom stereocenters. The van der Waals surface area contributed by atoms with Crippen LogP contribution in [-0.2, 0) is 4.74 Å². The first-order valence-corrected chi connectivity index (χ1v) is 5.75. The molecule has 0 aromatic rings. The first-order chi connectivity index (χ1) is 6.20. The van der Waals surface area contributed by atoms with E-state index in [1.54, 1.807) is 0 Å². The normalized spacial score (nSPS) is 23.3. The van der Waals surface area contributed by atoms with Gasteiger partial charge in [0.1, 0.15) is 0 Å². The largest absolute Gasteiger partial charge is 0.379 e. The highest BCUT2D eigenvalue weighted by molar-refractivity contribution is 4.80. The SMILES string of the molecule is CCC[C@@](C)(CC1CCCC1)OC. The first kappa shape index (κ1) is 11.0. The van der Waals surface area contributed by atoms with Gasteiger partial charge in [-0.3, -0.25) is 0 Å². The third-order valence-corrected chi connectivity index (χ3v) is 3.47. The molecule has 0 radical (unpaired) electrons. The number of hydrogen-bond acceptors (Lipinski definition) is 1. The molecule has 1 heteroatoms. The molecule has 0 spiro atoms. The van der Waals surface area contributed by atoms with Gasteiger partial charge in [0.2, 0.25) is 0 Å². The van der Waals surface area contributed by atoms with Crippen molar-refractivity contribution in [1.82, 2.24) is 0 Å². The molecular formula is C12H24O. The van der Waals surface area contributed by atoms with Crippen LogP contribution in [0.25, 0.3) is 0 Å². The third-order valence-electron chi connectivity index (χ3n) is 3.47. The minimum absolute atomic E-state index is 0.157. The maximum Gasteiger partial charge on any atom is 0.0653 e. The second kappa shape index (κ2) is 4.99. The van der Waals surface area contributed by atoms with Crippen LogP contribution < -0.4 is 0 Å². The molecule has 0 amide bonds. The Kier molecular flexibility index (Phi) is 4.24. The van der Waals surface area contributed by atoms with Gasteiger partial charge in [-0.25, -0.2) is 0 Å². The number of hydrogen-bond donors (Lipinski definition) is 0. The molecule has 0 N–H and O–H groups in total. The van der Waals surface area contributed by atoms with Gasteiger partial charge in [-0.15, -0.1) is 0 Å². The van der Waals surface area contributed by atoms with Crippen LogP contribution in [0.1, 0.15) is 58.8 Å². The molecule has 0 aromatic carbocycles. The molecule has 78 valence electrons. The summed E-state index contributed by atoms with van der Waals surface area (Å²) < 4.78 is 5.64. The summed E-state index contributed by atoms with van der Waals surface area (Å²) in [7, 11) is 1.87. The van der Waals surface area contributed by atoms with Crippen molar-refractivity contribution in [3.8, 4) is 0 Å². The zero-order valence-corrected chi connectivity index (χ0v) is 9.44. The Morgan fingerprint density at radius 1 is 1.31 bits per heavy atom. The molecule has 1 nitrogen and oxygen atoms in total. The van der Waals surface area contributed by atoms with E-state index in [4.69, 9.17) is 4.74 Å². The van der Waals surface area contributed by atoms with Crippen LogP contribution in [0, 0.1) is 5.92 Å². The van der Waals surface area contributed by atoms with E-state index >= 15 is 0 Å². The fourth-order valence-electron chi connectivity index (χ4n) is 2.64. The summed E-state index contributed by atoms with van der Waals surface area (Å²) in [6.07, 6.45) is 9.47. The summed E-state index contributed by atoms with van der Waals surface area (Å²) in [5.74, 6) is 0.941. The molecule has 1 fully saturated rings. The van der Waals surface area contributed by atoms with Gasteiger partial charge < -0.3 is 4.74 Å². The smallest absolute Gasteiger partial charge is 0.0653 e. The second-order valence-corrected chi connectivity index (χ2v) is 4.76. The molecule has 0 bridgehead atoms. The Balaban J connectivity index is 2.36. The van der Waals surface area contributed by atoms with Crippen LogP contribution in [0.5, 0.6) is 0 Å². The standard InChI is InChI=1S/C12H24O/c1-4-9-12(2,13-3)10-11-7-5-6-8-11/h11H,4-10H2,1-3H3/t12-/m0/s1. The van der Waals surface area contributed by atoms with E-state index in [2.05, 4.69) is 13.8 Å². The number of methoxy groups -OCH3 is 1. The van der Waals surface area contributed by atoms with Gasteiger partial charge in [0.15, 0.2) is 0 Å². The monoisotopic (exact) mass is 184 g/mol. The van der Waals surface area contributed by atoms with E-state index in [0.717, 1.165) is 5.92 Å². The lowest BCUT2D eigenvalue weighted by molar-refractivity contribution is -0.0206. The maximum absolute atomic E-state index is 5.64. The highest BCUT2D eigenvalue weighted by Gasteiger charge is 2.28. The molecule has 1 atom stereocenters. The zero-order chi connectivity index (χ0) is 9.73. The lowest BCUT2D eigenvalue weighted by Gasteiger charge is -2.30. The van der Waals surface area contributed by atoms with Crippen LogP contribution in [0.15, 0.2) is 0 Å². The van der Waals surface area contributed by atoms with Crippen molar-refractivity contribution < 1.29 is 4.74 Å². The van der Waals surface area contributed by atoms with Gasteiger partial charge in [-0.1, -0.05) is 39.0 Å². The molecule has 1 aliphatic rings. The summed E-state index contributed by atoms with van der Waals surface area (Å²) in [6.45, 7) is 4.51. The Bertz CT molecular complexity index is 138. The van der Waals surface area contributed by atoms with E-state index in [1.165, 1.54) is 44.9 Å². The van der Waals surface area contributed by atoms with Crippen molar-refractivity contribution in [2.45, 2.75) is 64.4 Å². The first-order valence-electron chi connectivity index (χ1n) is 5.75. The Morgan fingerprint density at radius 3 is 2.38 bits per heavy atom. The lowest BCUT2D eigenvalue weighted by atomic mass is 9.87. The molecule has 0 saturated heterocycles. The van der Waals surface area contributed by atoms with E-state index in [-0.39, 0.29) is 5.60 Å². The van der Waals surface area contributed by atoms with Gasteiger partial charge >= 0.3 is 0 Å². The van der Waals surface area contributed by atoms with Crippen molar-refractivity contribution in [3.63, 3.8) is 0 Å². The predicted octanol–water partition coefficient (Wildman–Crippen LogP) is 3.77. The van der Waals surface area contributed by atoms with Gasteiger partial charge in [-0.05, 0) is 25.7 Å². The second-order valence-electron chi connectivity index (χ2n) is 4.76. The van der Waals surface area contributed by atoms with Gasteiger partial charge in [0.25, 0.3) is 0 Å². The number of rotatable bonds is 5. The van der Waals surface area contributed by atoms with Crippen LogP contribution in [0.3, 0.4) is 0 Å². The van der Waals surface area contributed by atoms with Crippen LogP contribution in [0.4, 0.5) is 0 Å². The third kappa shape index (κ3) is 3.30. The van der Waals surface area contributed by atoms with E-state index in [9.17, 15) is 0 Å². The highest BCUT2D eigenvalue weighted by Crippen LogP contribution is 2.34. The minimum Gasteiger partial charge on any atom is -0.379 e. The Morgan fingerprint density at radius 2 is 1.92 bits per heavy atom. The Hall–Kier alpha value is -0.0400. The minimum atomic E-state index is 0.157. The average molecular weight is 184 g/mol. The molecule has 0 aromatic heterocycles. The molecule has 1 saturated carbocycles. The fraction of sp³-hybridized carbons (Fsp3) is 1.00. The van der Waals surface area contributed by atoms with Crippen LogP contribution in [0.2, 0.25) is 0 Å². The summed E-state index contributed by atoms with van der Waals surface area (Å²) in [5, 5.41) is 0. The van der Waals surface area contributed by atoms with Crippen molar-refractivity contribution in [1.29, 1.82) is 0 Å². The molecular weight excluding hydrogens is 160 g/mol. The number of ether oxygens (including phenoxy) is 1. The molecule has 13 heavy (non-hydrogen) atoms. The van der Waals surface area contributed by atoms with Gasteiger partial charge in [0.05, 0.1) is 5.60 Å². The highest BCUT2D eigenvalue weighted by atomic mass is 16.5. The predicted molar refractivity (Wildman–Crippen MR) is 56.9 cm³/mol. The lowest BCUT2D eigenvalue weighted by Crippen LogP contribution is -2.29. The fourth-order valence-corrected chi connectivity index (χ4v) is 2.64. The molecule has 0 heterocycles. The summed E-state index contributed by atoms with van der Waals surface area (Å²) in [4.78, 5) is 0. The van der Waals surface area contributed by atoms with Crippen molar-refractivity contribution in [3.05, 3.63) is 0 Å². The summed E-state index contributed by atoms with van der Waals surface area (Å²) in [5.41, 5.74) is 0.157. The van der Waals surface area contributed by atoms with E-state index < -0.39 is 0 Å². The average Bonchev–Trinajstić information content (AvgIpc) is 2.57. The molecule has 1 rings (SSSR count). The quantitative estimate of drug-likeness (QED) is 0.632. The topological polar surface area (TPSA) is 9.23 Å². The van der Waals surface area contributed by atoms with Crippen LogP contribution in [-0.4, -0.2) is 12.7 Å². The summed E-state index contributed by atoms with van der Waals surface area (Å²) in [6, 6.07) is 0. The zero-order valence-electron chi connectivity index (χ0n) is 9.44. The van der Waals surface area contributed by atoms with Crippen LogP contribution >= 0.6 is 0 Å². The maximum atomic E-state index is 5.64. The molecule has 0 aliphatic heterocycles. The van der Waals surface area contributed by atoms with Crippen molar-refractivity contribution in [2.75, 3.05) is 7.11 Å². The Labute approximate surface area is 82.9 Å². The van der Waals surface area contributed by atoms with Crippen molar-refractivity contribution >= 4 is 0 Å².